The number of aromatic nitrogens is 2. The molecule has 0 bridgehead atoms. The van der Waals surface area contributed by atoms with Gasteiger partial charge in [-0.05, 0) is 0 Å². The maximum atomic E-state index is 10.8. The summed E-state index contributed by atoms with van der Waals surface area (Å²) in [6, 6.07) is 1.67. The number of rotatable bonds is 3. The molecule has 1 aromatic rings. The van der Waals surface area contributed by atoms with Crippen molar-refractivity contribution in [3.63, 3.8) is 0 Å². The van der Waals surface area contributed by atoms with Crippen molar-refractivity contribution < 1.29 is 19.4 Å². The number of ether oxygens (including phenoxy) is 2. The molecule has 2 rings (SSSR count). The molecule has 0 amide bonds. The lowest BCUT2D eigenvalue weighted by Crippen LogP contribution is -2.46. The number of morpholine rings is 1. The Balaban J connectivity index is 2.13. The van der Waals surface area contributed by atoms with Gasteiger partial charge >= 0.3 is 5.97 Å². The smallest absolute Gasteiger partial charge is 0.334 e. The molecule has 0 aliphatic carbocycles. The van der Waals surface area contributed by atoms with Crippen molar-refractivity contribution in [2.45, 2.75) is 6.10 Å². The van der Waals surface area contributed by atoms with Gasteiger partial charge in [-0.2, -0.15) is 0 Å². The van der Waals surface area contributed by atoms with E-state index in [-0.39, 0.29) is 6.54 Å². The molecule has 0 aromatic carbocycles. The van der Waals surface area contributed by atoms with E-state index in [9.17, 15) is 4.79 Å². The summed E-state index contributed by atoms with van der Waals surface area (Å²) >= 11 is 0. The van der Waals surface area contributed by atoms with Crippen LogP contribution >= 0.6 is 0 Å². The van der Waals surface area contributed by atoms with Gasteiger partial charge < -0.3 is 19.5 Å². The molecular weight excluding hydrogens is 226 g/mol. The third-order valence-electron chi connectivity index (χ3n) is 2.50. The van der Waals surface area contributed by atoms with Gasteiger partial charge in [-0.1, -0.05) is 0 Å². The van der Waals surface area contributed by atoms with Crippen molar-refractivity contribution in [3.8, 4) is 5.88 Å². The summed E-state index contributed by atoms with van der Waals surface area (Å²) in [5.41, 5.74) is 0. The predicted molar refractivity (Wildman–Crippen MR) is 58.2 cm³/mol. The number of carboxylic acids is 1. The molecule has 1 atom stereocenters. The lowest BCUT2D eigenvalue weighted by molar-refractivity contribution is -0.150. The molecule has 0 saturated carbocycles. The van der Waals surface area contributed by atoms with Crippen molar-refractivity contribution in [1.82, 2.24) is 9.97 Å². The Morgan fingerprint density at radius 3 is 3.18 bits per heavy atom. The average molecular weight is 239 g/mol. The first-order chi connectivity index (χ1) is 8.20. The number of hydrogen-bond donors (Lipinski definition) is 1. The number of nitrogens with zero attached hydrogens (tertiary/aromatic N) is 3. The Bertz CT molecular complexity index is 412. The summed E-state index contributed by atoms with van der Waals surface area (Å²) < 4.78 is 10.1. The molecule has 1 aliphatic heterocycles. The van der Waals surface area contributed by atoms with Gasteiger partial charge in [0.25, 0.3) is 0 Å². The summed E-state index contributed by atoms with van der Waals surface area (Å²) in [4.78, 5) is 20.7. The summed E-state index contributed by atoms with van der Waals surface area (Å²) in [6.07, 6.45) is 0.573. The SMILES string of the molecule is COc1cc(N2CCOC(C(=O)O)C2)ncn1. The minimum atomic E-state index is -0.962. The van der Waals surface area contributed by atoms with Gasteiger partial charge in [-0.25, -0.2) is 14.8 Å². The standard InChI is InChI=1S/C10H13N3O4/c1-16-9-4-8(11-6-12-9)13-2-3-17-7(5-13)10(14)15/h4,6-7H,2-3,5H2,1H3,(H,14,15). The van der Waals surface area contributed by atoms with Crippen molar-refractivity contribution in [3.05, 3.63) is 12.4 Å². The number of anilines is 1. The van der Waals surface area contributed by atoms with Crippen molar-refractivity contribution in [2.75, 3.05) is 31.7 Å². The van der Waals surface area contributed by atoms with Crippen LogP contribution in [0.3, 0.4) is 0 Å². The molecule has 2 heterocycles. The summed E-state index contributed by atoms with van der Waals surface area (Å²) in [5.74, 6) is 0.135. The van der Waals surface area contributed by atoms with Crippen LogP contribution in [0.4, 0.5) is 5.82 Å². The third kappa shape index (κ3) is 2.62. The highest BCUT2D eigenvalue weighted by molar-refractivity contribution is 5.73. The third-order valence-corrected chi connectivity index (χ3v) is 2.50. The second-order valence-electron chi connectivity index (χ2n) is 3.56. The fourth-order valence-electron chi connectivity index (χ4n) is 1.62. The molecule has 7 heteroatoms. The highest BCUT2D eigenvalue weighted by atomic mass is 16.5. The lowest BCUT2D eigenvalue weighted by atomic mass is 10.2. The van der Waals surface area contributed by atoms with Crippen LogP contribution in [0.1, 0.15) is 0 Å². The van der Waals surface area contributed by atoms with E-state index >= 15 is 0 Å². The van der Waals surface area contributed by atoms with Crippen LogP contribution in [0.2, 0.25) is 0 Å². The molecule has 1 aliphatic rings. The van der Waals surface area contributed by atoms with E-state index in [4.69, 9.17) is 14.6 Å². The van der Waals surface area contributed by atoms with E-state index in [2.05, 4.69) is 9.97 Å². The van der Waals surface area contributed by atoms with E-state index in [1.807, 2.05) is 4.90 Å². The first-order valence-corrected chi connectivity index (χ1v) is 5.16. The van der Waals surface area contributed by atoms with E-state index in [1.165, 1.54) is 13.4 Å². The molecule has 1 saturated heterocycles. The van der Waals surface area contributed by atoms with E-state index in [0.29, 0.717) is 24.8 Å². The topological polar surface area (TPSA) is 84.8 Å². The lowest BCUT2D eigenvalue weighted by Gasteiger charge is -2.31. The van der Waals surface area contributed by atoms with Gasteiger partial charge in [0.1, 0.15) is 12.1 Å². The van der Waals surface area contributed by atoms with Gasteiger partial charge in [0.05, 0.1) is 20.3 Å². The highest BCUT2D eigenvalue weighted by Gasteiger charge is 2.27. The quantitative estimate of drug-likeness (QED) is 0.780. The zero-order chi connectivity index (χ0) is 12.3. The minimum absolute atomic E-state index is 0.273. The molecule has 1 unspecified atom stereocenters. The van der Waals surface area contributed by atoms with Gasteiger partial charge in [0, 0.05) is 12.6 Å². The summed E-state index contributed by atoms with van der Waals surface area (Å²) in [7, 11) is 1.52. The van der Waals surface area contributed by atoms with Crippen molar-refractivity contribution >= 4 is 11.8 Å². The minimum Gasteiger partial charge on any atom is -0.481 e. The highest BCUT2D eigenvalue weighted by Crippen LogP contribution is 2.18. The Kier molecular flexibility index (Phi) is 3.38. The first kappa shape index (κ1) is 11.6. The molecule has 1 fully saturated rings. The van der Waals surface area contributed by atoms with Crippen LogP contribution in [-0.2, 0) is 9.53 Å². The molecule has 0 spiro atoms. The number of carboxylic acid groups (broad SMARTS) is 1. The first-order valence-electron chi connectivity index (χ1n) is 5.16. The van der Waals surface area contributed by atoms with Crippen LogP contribution in [0.5, 0.6) is 5.88 Å². The van der Waals surface area contributed by atoms with Crippen LogP contribution in [0.15, 0.2) is 12.4 Å². The maximum absolute atomic E-state index is 10.8. The largest absolute Gasteiger partial charge is 0.481 e. The number of aliphatic carboxylic acids is 1. The fourth-order valence-corrected chi connectivity index (χ4v) is 1.62. The van der Waals surface area contributed by atoms with Gasteiger partial charge in [0.2, 0.25) is 5.88 Å². The van der Waals surface area contributed by atoms with Gasteiger partial charge in [0.15, 0.2) is 6.10 Å². The van der Waals surface area contributed by atoms with Crippen LogP contribution in [-0.4, -0.2) is 54.0 Å². The predicted octanol–water partition coefficient (Wildman–Crippen LogP) is -0.225. The molecule has 1 N–H and O–H groups in total. The zero-order valence-electron chi connectivity index (χ0n) is 9.37. The van der Waals surface area contributed by atoms with E-state index in [0.717, 1.165) is 0 Å². The molecule has 7 nitrogen and oxygen atoms in total. The normalized spacial score (nSPS) is 20.1. The Labute approximate surface area is 98.0 Å². The second-order valence-corrected chi connectivity index (χ2v) is 3.56. The second kappa shape index (κ2) is 4.96. The summed E-state index contributed by atoms with van der Waals surface area (Å²) in [5, 5.41) is 8.89. The van der Waals surface area contributed by atoms with Crippen LogP contribution < -0.4 is 9.64 Å². The van der Waals surface area contributed by atoms with Crippen LogP contribution in [0, 0.1) is 0 Å². The number of hydrogen-bond acceptors (Lipinski definition) is 6. The average Bonchev–Trinajstić information content (AvgIpc) is 2.39. The van der Waals surface area contributed by atoms with Gasteiger partial charge in [-0.3, -0.25) is 0 Å². The van der Waals surface area contributed by atoms with Gasteiger partial charge in [-0.15, -0.1) is 0 Å². The van der Waals surface area contributed by atoms with E-state index in [1.54, 1.807) is 6.07 Å². The monoisotopic (exact) mass is 239 g/mol. The van der Waals surface area contributed by atoms with Crippen molar-refractivity contribution in [1.29, 1.82) is 0 Å². The molecule has 1 aromatic heterocycles. The Hall–Kier alpha value is -1.89. The summed E-state index contributed by atoms with van der Waals surface area (Å²) in [6.45, 7) is 1.24. The maximum Gasteiger partial charge on any atom is 0.334 e. The fraction of sp³-hybridized carbons (Fsp3) is 0.500. The Morgan fingerprint density at radius 1 is 1.65 bits per heavy atom. The number of carbonyl (C=O) groups is 1. The Morgan fingerprint density at radius 2 is 2.47 bits per heavy atom. The molecule has 17 heavy (non-hydrogen) atoms. The van der Waals surface area contributed by atoms with Crippen LogP contribution in [0.25, 0.3) is 0 Å². The molecule has 92 valence electrons. The molecule has 0 radical (unpaired) electrons. The van der Waals surface area contributed by atoms with E-state index < -0.39 is 12.1 Å². The van der Waals surface area contributed by atoms with Crippen molar-refractivity contribution in [2.24, 2.45) is 0 Å². The zero-order valence-corrected chi connectivity index (χ0v) is 9.37. The number of methoxy groups -OCH3 is 1. The molecular formula is C10H13N3O4.